The minimum Gasteiger partial charge on any atom is -0.457 e. The number of unbranched alkanes of at least 4 members (excludes halogenated alkanes) is 5. The number of ether oxygens (including phenoxy) is 3. The van der Waals surface area contributed by atoms with Gasteiger partial charge in [0.15, 0.2) is 0 Å². The Morgan fingerprint density at radius 2 is 1.46 bits per heavy atom. The second kappa shape index (κ2) is 12.3. The van der Waals surface area contributed by atoms with E-state index in [1.807, 2.05) is 44.2 Å². The van der Waals surface area contributed by atoms with Gasteiger partial charge in [0.2, 0.25) is 6.29 Å². The van der Waals surface area contributed by atoms with Gasteiger partial charge in [-0.25, -0.2) is 0 Å². The zero-order valence-corrected chi connectivity index (χ0v) is 15.5. The smallest absolute Gasteiger partial charge is 0.259 e. The predicted molar refractivity (Wildman–Crippen MR) is 97.1 cm³/mol. The van der Waals surface area contributed by atoms with Gasteiger partial charge >= 0.3 is 0 Å². The number of benzene rings is 1. The SMILES string of the molecule is CCCCCCCCC(O)(Oc1ccccc1)C(OCC)OCC. The molecule has 0 aromatic heterocycles. The highest BCUT2D eigenvalue weighted by Gasteiger charge is 2.40. The van der Waals surface area contributed by atoms with E-state index in [0.29, 0.717) is 25.4 Å². The van der Waals surface area contributed by atoms with Crippen molar-refractivity contribution in [3.05, 3.63) is 30.3 Å². The molecule has 0 fully saturated rings. The van der Waals surface area contributed by atoms with E-state index in [9.17, 15) is 5.11 Å². The number of hydrogen-bond acceptors (Lipinski definition) is 4. The molecule has 1 rings (SSSR count). The Bertz CT molecular complexity index is 403. The standard InChI is InChI=1S/C20H34O4/c1-4-7-8-9-10-14-17-20(21,19(22-5-2)23-6-3)24-18-15-12-11-13-16-18/h11-13,15-16,19,21H,4-10,14,17H2,1-3H3. The monoisotopic (exact) mass is 338 g/mol. The second-order valence-corrected chi connectivity index (χ2v) is 6.02. The Morgan fingerprint density at radius 3 is 2.04 bits per heavy atom. The molecule has 0 saturated heterocycles. The normalized spacial score (nSPS) is 13.9. The van der Waals surface area contributed by atoms with E-state index in [4.69, 9.17) is 14.2 Å². The summed E-state index contributed by atoms with van der Waals surface area (Å²) in [5.74, 6) is -0.853. The van der Waals surface area contributed by atoms with Crippen LogP contribution in [0.5, 0.6) is 5.75 Å². The molecular formula is C20H34O4. The number of aliphatic hydroxyl groups is 1. The molecule has 0 aliphatic carbocycles. The summed E-state index contributed by atoms with van der Waals surface area (Å²) < 4.78 is 17.1. The first kappa shape index (κ1) is 20.9. The first-order chi connectivity index (χ1) is 11.7. The maximum Gasteiger partial charge on any atom is 0.259 e. The second-order valence-electron chi connectivity index (χ2n) is 6.02. The van der Waals surface area contributed by atoms with Crippen molar-refractivity contribution in [1.82, 2.24) is 0 Å². The summed E-state index contributed by atoms with van der Waals surface area (Å²) in [6, 6.07) is 9.36. The van der Waals surface area contributed by atoms with Crippen molar-refractivity contribution in [3.63, 3.8) is 0 Å². The Hall–Kier alpha value is -1.10. The largest absolute Gasteiger partial charge is 0.457 e. The summed E-state index contributed by atoms with van der Waals surface area (Å²) in [5, 5.41) is 11.1. The summed E-state index contributed by atoms with van der Waals surface area (Å²) in [7, 11) is 0. The van der Waals surface area contributed by atoms with Crippen LogP contribution in [0.1, 0.15) is 65.7 Å². The molecule has 0 radical (unpaired) electrons. The first-order valence-corrected chi connectivity index (χ1v) is 9.35. The van der Waals surface area contributed by atoms with E-state index in [0.717, 1.165) is 12.8 Å². The number of para-hydroxylation sites is 1. The fraction of sp³-hybridized carbons (Fsp3) is 0.700. The molecule has 4 nitrogen and oxygen atoms in total. The summed E-state index contributed by atoms with van der Waals surface area (Å²) >= 11 is 0. The molecule has 1 aromatic rings. The van der Waals surface area contributed by atoms with Crippen molar-refractivity contribution in [2.24, 2.45) is 0 Å². The Morgan fingerprint density at radius 1 is 0.875 bits per heavy atom. The van der Waals surface area contributed by atoms with Crippen LogP contribution >= 0.6 is 0 Å². The van der Waals surface area contributed by atoms with Crippen LogP contribution < -0.4 is 4.74 Å². The molecule has 4 heteroatoms. The molecule has 0 aliphatic rings. The highest BCUT2D eigenvalue weighted by Crippen LogP contribution is 2.27. The van der Waals surface area contributed by atoms with Crippen LogP contribution in [-0.4, -0.2) is 30.4 Å². The molecule has 0 aliphatic heterocycles. The van der Waals surface area contributed by atoms with Crippen molar-refractivity contribution < 1.29 is 19.3 Å². The first-order valence-electron chi connectivity index (χ1n) is 9.35. The third-order valence-corrected chi connectivity index (χ3v) is 3.93. The van der Waals surface area contributed by atoms with Crippen LogP contribution in [0.4, 0.5) is 0 Å². The molecule has 0 spiro atoms. The van der Waals surface area contributed by atoms with Gasteiger partial charge in [0.05, 0.1) is 0 Å². The molecule has 0 heterocycles. The lowest BCUT2D eigenvalue weighted by Gasteiger charge is -2.35. The van der Waals surface area contributed by atoms with Gasteiger partial charge in [0.25, 0.3) is 5.79 Å². The third kappa shape index (κ3) is 7.65. The average molecular weight is 338 g/mol. The van der Waals surface area contributed by atoms with Gasteiger partial charge in [0, 0.05) is 19.6 Å². The highest BCUT2D eigenvalue weighted by molar-refractivity contribution is 5.21. The molecular weight excluding hydrogens is 304 g/mol. The summed E-state index contributed by atoms with van der Waals surface area (Å²) in [6.45, 7) is 6.91. The molecule has 1 aromatic carbocycles. The van der Waals surface area contributed by atoms with E-state index in [1.165, 1.54) is 25.7 Å². The van der Waals surface area contributed by atoms with Gasteiger partial charge in [0.1, 0.15) is 5.75 Å². The fourth-order valence-corrected chi connectivity index (χ4v) is 2.68. The highest BCUT2D eigenvalue weighted by atomic mass is 16.7. The summed E-state index contributed by atoms with van der Waals surface area (Å²) in [5.41, 5.74) is 0. The minimum atomic E-state index is -1.47. The minimum absolute atomic E-state index is 0.460. The Labute approximate surface area is 147 Å². The van der Waals surface area contributed by atoms with Crippen LogP contribution in [0.2, 0.25) is 0 Å². The average Bonchev–Trinajstić information content (AvgIpc) is 2.59. The van der Waals surface area contributed by atoms with Crippen LogP contribution in [0.15, 0.2) is 30.3 Å². The molecule has 0 bridgehead atoms. The molecule has 24 heavy (non-hydrogen) atoms. The lowest BCUT2D eigenvalue weighted by Crippen LogP contribution is -2.50. The van der Waals surface area contributed by atoms with Crippen LogP contribution in [0.25, 0.3) is 0 Å². The van der Waals surface area contributed by atoms with Gasteiger partial charge in [-0.1, -0.05) is 57.2 Å². The molecule has 0 saturated carbocycles. The Kier molecular flexibility index (Phi) is 10.7. The van der Waals surface area contributed by atoms with Gasteiger partial charge in [-0.05, 0) is 32.4 Å². The maximum absolute atomic E-state index is 11.1. The van der Waals surface area contributed by atoms with E-state index < -0.39 is 12.1 Å². The predicted octanol–water partition coefficient (Wildman–Crippen LogP) is 4.90. The van der Waals surface area contributed by atoms with Crippen LogP contribution in [0.3, 0.4) is 0 Å². The van der Waals surface area contributed by atoms with Crippen LogP contribution in [0, 0.1) is 0 Å². The van der Waals surface area contributed by atoms with Gasteiger partial charge in [-0.2, -0.15) is 0 Å². The van der Waals surface area contributed by atoms with Gasteiger partial charge < -0.3 is 19.3 Å². The third-order valence-electron chi connectivity index (χ3n) is 3.93. The molecule has 0 amide bonds. The van der Waals surface area contributed by atoms with Crippen molar-refractivity contribution in [1.29, 1.82) is 0 Å². The van der Waals surface area contributed by atoms with Gasteiger partial charge in [-0.15, -0.1) is 0 Å². The molecule has 1 unspecified atom stereocenters. The lowest BCUT2D eigenvalue weighted by atomic mass is 10.0. The fourth-order valence-electron chi connectivity index (χ4n) is 2.68. The molecule has 1 N–H and O–H groups in total. The number of hydrogen-bond donors (Lipinski definition) is 1. The van der Waals surface area contributed by atoms with Crippen LogP contribution in [-0.2, 0) is 9.47 Å². The van der Waals surface area contributed by atoms with E-state index in [-0.39, 0.29) is 0 Å². The zero-order valence-electron chi connectivity index (χ0n) is 15.5. The summed E-state index contributed by atoms with van der Waals surface area (Å²) in [6.07, 6.45) is 6.58. The van der Waals surface area contributed by atoms with E-state index in [1.54, 1.807) is 0 Å². The van der Waals surface area contributed by atoms with Crippen molar-refractivity contribution in [2.75, 3.05) is 13.2 Å². The number of rotatable bonds is 14. The van der Waals surface area contributed by atoms with Crippen molar-refractivity contribution >= 4 is 0 Å². The van der Waals surface area contributed by atoms with E-state index >= 15 is 0 Å². The zero-order chi connectivity index (χ0) is 17.7. The Balaban J connectivity index is 2.69. The quantitative estimate of drug-likeness (QED) is 0.387. The molecule has 138 valence electrons. The maximum atomic E-state index is 11.1. The molecule has 1 atom stereocenters. The van der Waals surface area contributed by atoms with Crippen molar-refractivity contribution in [2.45, 2.75) is 77.8 Å². The summed E-state index contributed by atoms with van der Waals surface area (Å²) in [4.78, 5) is 0. The van der Waals surface area contributed by atoms with E-state index in [2.05, 4.69) is 6.92 Å². The lowest BCUT2D eigenvalue weighted by molar-refractivity contribution is -0.307. The topological polar surface area (TPSA) is 47.9 Å². The van der Waals surface area contributed by atoms with Gasteiger partial charge in [-0.3, -0.25) is 0 Å². The van der Waals surface area contributed by atoms with Crippen molar-refractivity contribution in [3.8, 4) is 5.75 Å².